The molecule has 0 aromatic heterocycles. The Hall–Kier alpha value is -1.86. The number of sulfonamides is 1. The first-order valence-corrected chi connectivity index (χ1v) is 11.0. The number of nitrogens with one attached hydrogen (secondary N) is 1. The number of benzene rings is 2. The average Bonchev–Trinajstić information content (AvgIpc) is 2.59. The van der Waals surface area contributed by atoms with Crippen LogP contribution in [0, 0.1) is 0 Å². The normalized spacial score (nSPS) is 12.5. The first-order valence-electron chi connectivity index (χ1n) is 8.32. The molecular weight excluding hydrogens is 416 g/mol. The maximum atomic E-state index is 12.4. The Morgan fingerprint density at radius 3 is 2.19 bits per heavy atom. The minimum absolute atomic E-state index is 0.209. The summed E-state index contributed by atoms with van der Waals surface area (Å²) >= 11 is 3.32. The molecule has 26 heavy (non-hydrogen) atoms. The molecule has 2 aromatic rings. The Morgan fingerprint density at radius 2 is 1.69 bits per heavy atom. The number of hydrogen-bond acceptors (Lipinski definition) is 3. The van der Waals surface area contributed by atoms with Crippen LogP contribution in [0.2, 0.25) is 0 Å². The minimum atomic E-state index is -3.58. The molecule has 0 bridgehead atoms. The molecule has 0 aliphatic carbocycles. The van der Waals surface area contributed by atoms with Crippen molar-refractivity contribution < 1.29 is 13.2 Å². The van der Waals surface area contributed by atoms with E-state index in [0.29, 0.717) is 5.69 Å². The quantitative estimate of drug-likeness (QED) is 0.716. The molecule has 1 unspecified atom stereocenters. The third kappa shape index (κ3) is 5.57. The van der Waals surface area contributed by atoms with Gasteiger partial charge in [0, 0.05) is 4.47 Å². The van der Waals surface area contributed by atoms with Crippen LogP contribution in [0.25, 0.3) is 0 Å². The number of hydrogen-bond donors (Lipinski definition) is 1. The molecule has 2 aromatic carbocycles. The molecule has 1 amide bonds. The van der Waals surface area contributed by atoms with Gasteiger partial charge in [0.1, 0.15) is 6.54 Å². The Bertz CT molecular complexity index is 849. The smallest absolute Gasteiger partial charge is 0.241 e. The molecule has 0 heterocycles. The Labute approximate surface area is 163 Å². The molecule has 0 saturated heterocycles. The number of carbonyl (C=O) groups is 1. The van der Waals surface area contributed by atoms with Crippen molar-refractivity contribution in [3.63, 3.8) is 0 Å². The average molecular weight is 439 g/mol. The second-order valence-electron chi connectivity index (χ2n) is 6.13. The topological polar surface area (TPSA) is 66.5 Å². The summed E-state index contributed by atoms with van der Waals surface area (Å²) in [5, 5.41) is 2.86. The summed E-state index contributed by atoms with van der Waals surface area (Å²) in [6.45, 7) is 3.70. The highest BCUT2D eigenvalue weighted by Crippen LogP contribution is 2.21. The van der Waals surface area contributed by atoms with Gasteiger partial charge >= 0.3 is 0 Å². The summed E-state index contributed by atoms with van der Waals surface area (Å²) in [6.07, 6.45) is 2.05. The lowest BCUT2D eigenvalue weighted by Gasteiger charge is -2.23. The van der Waals surface area contributed by atoms with Crippen molar-refractivity contribution in [3.05, 3.63) is 64.1 Å². The molecule has 0 spiro atoms. The van der Waals surface area contributed by atoms with Crippen LogP contribution in [0.15, 0.2) is 53.0 Å². The molecule has 0 radical (unpaired) electrons. The highest BCUT2D eigenvalue weighted by Gasteiger charge is 2.21. The number of rotatable bonds is 7. The van der Waals surface area contributed by atoms with Gasteiger partial charge in [-0.1, -0.05) is 47.1 Å². The first-order chi connectivity index (χ1) is 12.2. The van der Waals surface area contributed by atoms with Crippen molar-refractivity contribution in [2.24, 2.45) is 0 Å². The zero-order chi connectivity index (χ0) is 19.3. The van der Waals surface area contributed by atoms with Gasteiger partial charge in [0.15, 0.2) is 0 Å². The maximum Gasteiger partial charge on any atom is 0.241 e. The van der Waals surface area contributed by atoms with Crippen LogP contribution in [0.3, 0.4) is 0 Å². The molecule has 2 rings (SSSR count). The third-order valence-electron chi connectivity index (χ3n) is 4.07. The molecule has 140 valence electrons. The zero-order valence-corrected chi connectivity index (χ0v) is 17.5. The number of carbonyl (C=O) groups excluding carboxylic acids is 1. The van der Waals surface area contributed by atoms with E-state index in [9.17, 15) is 13.2 Å². The molecule has 0 fully saturated rings. The third-order valence-corrected chi connectivity index (χ3v) is 5.74. The second-order valence-corrected chi connectivity index (χ2v) is 8.95. The van der Waals surface area contributed by atoms with Crippen molar-refractivity contribution in [1.82, 2.24) is 5.32 Å². The highest BCUT2D eigenvalue weighted by atomic mass is 79.9. The van der Waals surface area contributed by atoms with Crippen LogP contribution in [0.5, 0.6) is 0 Å². The van der Waals surface area contributed by atoms with Crippen LogP contribution in [0.1, 0.15) is 31.0 Å². The molecule has 1 N–H and O–H groups in total. The van der Waals surface area contributed by atoms with Crippen LogP contribution >= 0.6 is 15.9 Å². The number of nitrogens with zero attached hydrogens (tertiary/aromatic N) is 1. The number of anilines is 1. The zero-order valence-electron chi connectivity index (χ0n) is 15.1. The van der Waals surface area contributed by atoms with Gasteiger partial charge in [-0.2, -0.15) is 0 Å². The van der Waals surface area contributed by atoms with Crippen LogP contribution in [-0.4, -0.2) is 27.1 Å². The first kappa shape index (κ1) is 20.5. The van der Waals surface area contributed by atoms with E-state index in [0.717, 1.165) is 27.0 Å². The van der Waals surface area contributed by atoms with Crippen molar-refractivity contribution in [3.8, 4) is 0 Å². The van der Waals surface area contributed by atoms with E-state index >= 15 is 0 Å². The molecule has 5 nitrogen and oxygen atoms in total. The predicted octanol–water partition coefficient (Wildman–Crippen LogP) is 3.65. The van der Waals surface area contributed by atoms with E-state index in [-0.39, 0.29) is 18.5 Å². The Morgan fingerprint density at radius 1 is 1.12 bits per heavy atom. The van der Waals surface area contributed by atoms with Gasteiger partial charge in [-0.3, -0.25) is 9.10 Å². The summed E-state index contributed by atoms with van der Waals surface area (Å²) in [5.41, 5.74) is 2.65. The van der Waals surface area contributed by atoms with Crippen LogP contribution in [0.4, 0.5) is 5.69 Å². The molecule has 0 aliphatic heterocycles. The molecule has 7 heteroatoms. The fourth-order valence-corrected chi connectivity index (χ4v) is 3.67. The Kier molecular flexibility index (Phi) is 6.83. The van der Waals surface area contributed by atoms with Gasteiger partial charge in [-0.15, -0.1) is 0 Å². The van der Waals surface area contributed by atoms with Gasteiger partial charge in [-0.05, 0) is 48.7 Å². The van der Waals surface area contributed by atoms with Gasteiger partial charge in [0.2, 0.25) is 15.9 Å². The van der Waals surface area contributed by atoms with E-state index in [1.165, 1.54) is 5.56 Å². The fraction of sp³-hybridized carbons (Fsp3) is 0.316. The Balaban J connectivity index is 2.10. The SMILES string of the molecule is CCc1ccc(C(C)NC(=O)CN(c2ccc(Br)cc2)S(C)(=O)=O)cc1. The van der Waals surface area contributed by atoms with E-state index in [4.69, 9.17) is 0 Å². The second kappa shape index (κ2) is 8.68. The lowest BCUT2D eigenvalue weighted by Crippen LogP contribution is -2.41. The largest absolute Gasteiger partial charge is 0.348 e. The number of amides is 1. The van der Waals surface area contributed by atoms with E-state index in [2.05, 4.69) is 28.2 Å². The van der Waals surface area contributed by atoms with E-state index < -0.39 is 10.0 Å². The molecular formula is C19H23BrN2O3S. The predicted molar refractivity (Wildman–Crippen MR) is 109 cm³/mol. The standard InChI is InChI=1S/C19H23BrN2O3S/c1-4-15-5-7-16(8-6-15)14(2)21-19(23)13-22(26(3,24)25)18-11-9-17(20)10-12-18/h5-12,14H,4,13H2,1-3H3,(H,21,23). The fourth-order valence-electron chi connectivity index (χ4n) is 2.55. The molecule has 0 saturated carbocycles. The summed E-state index contributed by atoms with van der Waals surface area (Å²) < 4.78 is 26.2. The lowest BCUT2D eigenvalue weighted by atomic mass is 10.1. The van der Waals surface area contributed by atoms with Gasteiger partial charge in [-0.25, -0.2) is 8.42 Å². The number of halogens is 1. The van der Waals surface area contributed by atoms with Crippen molar-refractivity contribution in [1.29, 1.82) is 0 Å². The summed E-state index contributed by atoms with van der Waals surface area (Å²) in [6, 6.07) is 14.6. The van der Waals surface area contributed by atoms with Gasteiger partial charge < -0.3 is 5.32 Å². The van der Waals surface area contributed by atoms with Crippen molar-refractivity contribution in [2.75, 3.05) is 17.1 Å². The molecule has 0 aliphatic rings. The monoisotopic (exact) mass is 438 g/mol. The molecule has 1 atom stereocenters. The van der Waals surface area contributed by atoms with Crippen LogP contribution < -0.4 is 9.62 Å². The maximum absolute atomic E-state index is 12.4. The van der Waals surface area contributed by atoms with Crippen molar-refractivity contribution in [2.45, 2.75) is 26.3 Å². The summed E-state index contributed by atoms with van der Waals surface area (Å²) in [7, 11) is -3.58. The minimum Gasteiger partial charge on any atom is -0.348 e. The van der Waals surface area contributed by atoms with E-state index in [1.807, 2.05) is 31.2 Å². The van der Waals surface area contributed by atoms with Gasteiger partial charge in [0.05, 0.1) is 18.0 Å². The van der Waals surface area contributed by atoms with E-state index in [1.54, 1.807) is 24.3 Å². The van der Waals surface area contributed by atoms with Gasteiger partial charge in [0.25, 0.3) is 0 Å². The van der Waals surface area contributed by atoms with Crippen LogP contribution in [-0.2, 0) is 21.2 Å². The summed E-state index contributed by atoms with van der Waals surface area (Å²) in [4.78, 5) is 12.4. The summed E-state index contributed by atoms with van der Waals surface area (Å²) in [5.74, 6) is -0.356. The van der Waals surface area contributed by atoms with Crippen molar-refractivity contribution >= 4 is 37.5 Å². The number of aryl methyl sites for hydroxylation is 1. The lowest BCUT2D eigenvalue weighted by molar-refractivity contribution is -0.120. The highest BCUT2D eigenvalue weighted by molar-refractivity contribution is 9.10.